The van der Waals surface area contributed by atoms with Gasteiger partial charge in [-0.1, -0.05) is 71.7 Å². The van der Waals surface area contributed by atoms with Gasteiger partial charge in [0.15, 0.2) is 0 Å². The molecule has 2 amide bonds. The number of amides is 2. The van der Waals surface area contributed by atoms with Gasteiger partial charge in [0.25, 0.3) is 0 Å². The fraction of sp³-hybridized carbons (Fsp3) is 0.120. The minimum atomic E-state index is -0.732. The summed E-state index contributed by atoms with van der Waals surface area (Å²) < 4.78 is 11.0. The lowest BCUT2D eigenvalue weighted by molar-refractivity contribution is -0.136. The highest BCUT2D eigenvalue weighted by atomic mass is 35.5. The summed E-state index contributed by atoms with van der Waals surface area (Å²) in [5.74, 6) is 0.00222. The first-order chi connectivity index (χ1) is 16.0. The Hall–Kier alpha value is -3.48. The lowest BCUT2D eigenvalue weighted by atomic mass is 9.92. The number of hydrogen-bond acceptors (Lipinski definition) is 4. The van der Waals surface area contributed by atoms with Crippen molar-refractivity contribution in [1.82, 2.24) is 10.6 Å². The van der Waals surface area contributed by atoms with E-state index in [9.17, 15) is 9.59 Å². The summed E-state index contributed by atoms with van der Waals surface area (Å²) in [6.07, 6.45) is 0. The van der Waals surface area contributed by atoms with Gasteiger partial charge in [-0.15, -0.1) is 0 Å². The zero-order valence-corrected chi connectivity index (χ0v) is 19.1. The predicted molar refractivity (Wildman–Crippen MR) is 127 cm³/mol. The van der Waals surface area contributed by atoms with Gasteiger partial charge in [-0.2, -0.15) is 0 Å². The highest BCUT2D eigenvalue weighted by Gasteiger charge is 2.34. The van der Waals surface area contributed by atoms with Crippen LogP contribution in [0, 0.1) is 0 Å². The Labute approximate surface area is 201 Å². The molecule has 1 aliphatic heterocycles. The SMILES string of the molecule is COC(=O)C1=C(c2ccccc2)NC(=O)NC1c1cccc(OCc2ccc(Cl)cc2Cl)c1. The minimum absolute atomic E-state index is 0.229. The Balaban J connectivity index is 1.68. The molecule has 6 nitrogen and oxygen atoms in total. The van der Waals surface area contributed by atoms with Crippen molar-refractivity contribution < 1.29 is 19.1 Å². The van der Waals surface area contributed by atoms with Gasteiger partial charge in [-0.3, -0.25) is 0 Å². The maximum absolute atomic E-state index is 12.8. The molecule has 8 heteroatoms. The molecule has 0 radical (unpaired) electrons. The Morgan fingerprint density at radius 3 is 2.52 bits per heavy atom. The number of methoxy groups -OCH3 is 1. The van der Waals surface area contributed by atoms with Crippen molar-refractivity contribution >= 4 is 40.9 Å². The van der Waals surface area contributed by atoms with Crippen LogP contribution in [0.5, 0.6) is 5.75 Å². The van der Waals surface area contributed by atoms with E-state index in [0.29, 0.717) is 38.2 Å². The summed E-state index contributed by atoms with van der Waals surface area (Å²) in [5.41, 5.74) is 2.83. The van der Waals surface area contributed by atoms with E-state index in [1.807, 2.05) is 36.4 Å². The summed E-state index contributed by atoms with van der Waals surface area (Å²) >= 11 is 12.2. The number of ether oxygens (including phenoxy) is 2. The summed E-state index contributed by atoms with van der Waals surface area (Å²) in [6.45, 7) is 0.229. The fourth-order valence-electron chi connectivity index (χ4n) is 3.56. The summed E-state index contributed by atoms with van der Waals surface area (Å²) in [5, 5.41) is 6.61. The topological polar surface area (TPSA) is 76.7 Å². The molecule has 0 saturated carbocycles. The molecule has 0 aromatic heterocycles. The van der Waals surface area contributed by atoms with Crippen molar-refractivity contribution in [2.75, 3.05) is 7.11 Å². The lowest BCUT2D eigenvalue weighted by Gasteiger charge is -2.29. The third-order valence-electron chi connectivity index (χ3n) is 5.14. The predicted octanol–water partition coefficient (Wildman–Crippen LogP) is 5.51. The first-order valence-corrected chi connectivity index (χ1v) is 10.8. The van der Waals surface area contributed by atoms with Crippen LogP contribution in [-0.4, -0.2) is 19.1 Å². The number of halogens is 2. The van der Waals surface area contributed by atoms with E-state index >= 15 is 0 Å². The van der Waals surface area contributed by atoms with Gasteiger partial charge in [0, 0.05) is 15.6 Å². The number of hydrogen-bond donors (Lipinski definition) is 2. The van der Waals surface area contributed by atoms with Crippen molar-refractivity contribution in [1.29, 1.82) is 0 Å². The number of carbonyl (C=O) groups excluding carboxylic acids is 2. The number of rotatable bonds is 6. The molecule has 33 heavy (non-hydrogen) atoms. The fourth-order valence-corrected chi connectivity index (χ4v) is 4.02. The van der Waals surface area contributed by atoms with Gasteiger partial charge in [-0.05, 0) is 35.4 Å². The van der Waals surface area contributed by atoms with E-state index in [2.05, 4.69) is 10.6 Å². The maximum atomic E-state index is 12.8. The molecule has 1 heterocycles. The number of esters is 1. The van der Waals surface area contributed by atoms with Crippen molar-refractivity contribution in [3.63, 3.8) is 0 Å². The zero-order valence-electron chi connectivity index (χ0n) is 17.6. The van der Waals surface area contributed by atoms with E-state index < -0.39 is 18.0 Å². The van der Waals surface area contributed by atoms with Gasteiger partial charge < -0.3 is 20.1 Å². The second-order valence-electron chi connectivity index (χ2n) is 7.27. The second kappa shape index (κ2) is 9.98. The highest BCUT2D eigenvalue weighted by molar-refractivity contribution is 6.35. The quantitative estimate of drug-likeness (QED) is 0.454. The first kappa shape index (κ1) is 22.7. The van der Waals surface area contributed by atoms with Gasteiger partial charge in [0.2, 0.25) is 0 Å². The smallest absolute Gasteiger partial charge is 0.338 e. The van der Waals surface area contributed by atoms with Crippen LogP contribution in [0.4, 0.5) is 4.79 Å². The highest BCUT2D eigenvalue weighted by Crippen LogP contribution is 2.33. The van der Waals surface area contributed by atoms with E-state index in [4.69, 9.17) is 32.7 Å². The van der Waals surface area contributed by atoms with Gasteiger partial charge in [-0.25, -0.2) is 9.59 Å². The Bertz CT molecular complexity index is 1230. The normalized spacial score (nSPS) is 15.5. The van der Waals surface area contributed by atoms with Crippen LogP contribution in [0.2, 0.25) is 10.0 Å². The third-order valence-corrected chi connectivity index (χ3v) is 5.73. The van der Waals surface area contributed by atoms with Crippen molar-refractivity contribution in [3.8, 4) is 5.75 Å². The second-order valence-corrected chi connectivity index (χ2v) is 8.12. The third kappa shape index (κ3) is 5.13. The molecule has 1 unspecified atom stereocenters. The van der Waals surface area contributed by atoms with Crippen molar-refractivity contribution in [3.05, 3.63) is 105 Å². The van der Waals surface area contributed by atoms with Crippen LogP contribution in [0.1, 0.15) is 22.7 Å². The van der Waals surface area contributed by atoms with Crippen LogP contribution < -0.4 is 15.4 Å². The summed E-state index contributed by atoms with van der Waals surface area (Å²) in [6, 6.07) is 20.3. The Kier molecular flexibility index (Phi) is 6.87. The average molecular weight is 483 g/mol. The van der Waals surface area contributed by atoms with Crippen LogP contribution in [0.15, 0.2) is 78.4 Å². The standard InChI is InChI=1S/C25H20Cl2N2O4/c1-32-24(30)21-22(15-6-3-2-4-7-15)28-25(31)29-23(21)16-8-5-9-19(12-16)33-14-17-10-11-18(26)13-20(17)27/h2-13,23H,14H2,1H3,(H2,28,29,31). The molecular formula is C25H20Cl2N2O4. The van der Waals surface area contributed by atoms with E-state index in [1.54, 1.807) is 36.4 Å². The molecule has 0 saturated heterocycles. The Morgan fingerprint density at radius 1 is 1.00 bits per heavy atom. The van der Waals surface area contributed by atoms with Gasteiger partial charge in [0.05, 0.1) is 24.4 Å². The number of urea groups is 1. The summed E-state index contributed by atoms with van der Waals surface area (Å²) in [7, 11) is 1.31. The van der Waals surface area contributed by atoms with E-state index in [-0.39, 0.29) is 6.61 Å². The molecule has 0 bridgehead atoms. The molecule has 2 N–H and O–H groups in total. The van der Waals surface area contributed by atoms with Gasteiger partial charge in [0.1, 0.15) is 12.4 Å². The molecule has 0 aliphatic carbocycles. The molecule has 3 aromatic rings. The largest absolute Gasteiger partial charge is 0.489 e. The minimum Gasteiger partial charge on any atom is -0.489 e. The molecule has 1 aliphatic rings. The number of carbonyl (C=O) groups is 2. The average Bonchev–Trinajstić information content (AvgIpc) is 2.83. The molecule has 0 fully saturated rings. The molecule has 1 atom stereocenters. The van der Waals surface area contributed by atoms with E-state index in [0.717, 1.165) is 5.56 Å². The number of nitrogens with one attached hydrogen (secondary N) is 2. The monoisotopic (exact) mass is 482 g/mol. The lowest BCUT2D eigenvalue weighted by Crippen LogP contribution is -2.45. The van der Waals surface area contributed by atoms with Crippen LogP contribution in [0.25, 0.3) is 5.70 Å². The molecule has 168 valence electrons. The molecule has 4 rings (SSSR count). The maximum Gasteiger partial charge on any atom is 0.338 e. The van der Waals surface area contributed by atoms with Crippen LogP contribution >= 0.6 is 23.2 Å². The van der Waals surface area contributed by atoms with Gasteiger partial charge >= 0.3 is 12.0 Å². The zero-order chi connectivity index (χ0) is 23.4. The van der Waals surface area contributed by atoms with Crippen molar-refractivity contribution in [2.45, 2.75) is 12.6 Å². The number of benzene rings is 3. The molecular weight excluding hydrogens is 463 g/mol. The Morgan fingerprint density at radius 2 is 1.79 bits per heavy atom. The van der Waals surface area contributed by atoms with Crippen molar-refractivity contribution in [2.24, 2.45) is 0 Å². The molecule has 0 spiro atoms. The van der Waals surface area contributed by atoms with Crippen LogP contribution in [-0.2, 0) is 16.1 Å². The van der Waals surface area contributed by atoms with Crippen LogP contribution in [0.3, 0.4) is 0 Å². The molecule has 3 aromatic carbocycles. The first-order valence-electron chi connectivity index (χ1n) is 10.1. The summed E-state index contributed by atoms with van der Waals surface area (Å²) in [4.78, 5) is 25.3. The van der Waals surface area contributed by atoms with E-state index in [1.165, 1.54) is 7.11 Å².